The third kappa shape index (κ3) is 3.69. The Balaban J connectivity index is 2.78. The number of carbonyl (C=O) groups excluding carboxylic acids is 1. The second-order valence-corrected chi connectivity index (χ2v) is 6.24. The number of likely N-dealkylation sites (tertiary alicyclic amines) is 1. The van der Waals surface area contributed by atoms with Crippen LogP contribution >= 0.6 is 12.6 Å². The molecule has 1 aliphatic heterocycles. The van der Waals surface area contributed by atoms with E-state index in [1.807, 2.05) is 0 Å². The first-order chi connectivity index (χ1) is 7.46. The van der Waals surface area contributed by atoms with E-state index in [2.05, 4.69) is 38.3 Å². The van der Waals surface area contributed by atoms with Crippen molar-refractivity contribution in [3.8, 4) is 0 Å². The van der Waals surface area contributed by atoms with E-state index in [4.69, 9.17) is 0 Å². The molecule has 1 saturated heterocycles. The number of hydrogen-bond acceptors (Lipinski definition) is 2. The lowest BCUT2D eigenvalue weighted by Gasteiger charge is -2.40. The Bertz CT molecular complexity index is 235. The van der Waals surface area contributed by atoms with Crippen molar-refractivity contribution in [2.24, 2.45) is 5.41 Å². The van der Waals surface area contributed by atoms with E-state index in [9.17, 15) is 4.79 Å². The Labute approximate surface area is 105 Å². The van der Waals surface area contributed by atoms with E-state index in [0.29, 0.717) is 11.9 Å². The number of nitrogens with zero attached hydrogens (tertiary/aromatic N) is 1. The Morgan fingerprint density at radius 2 is 2.00 bits per heavy atom. The number of rotatable bonds is 3. The van der Waals surface area contributed by atoms with E-state index in [1.54, 1.807) is 0 Å². The quantitative estimate of drug-likeness (QED) is 0.755. The average molecular weight is 243 g/mol. The van der Waals surface area contributed by atoms with Crippen LogP contribution in [0.3, 0.4) is 0 Å². The van der Waals surface area contributed by atoms with Crippen molar-refractivity contribution < 1.29 is 4.79 Å². The molecule has 1 amide bonds. The van der Waals surface area contributed by atoms with Crippen LogP contribution in [0.5, 0.6) is 0 Å². The summed E-state index contributed by atoms with van der Waals surface area (Å²) in [5, 5.41) is 0. The van der Waals surface area contributed by atoms with Crippen molar-refractivity contribution >= 4 is 18.5 Å². The first-order valence-electron chi connectivity index (χ1n) is 6.37. The van der Waals surface area contributed by atoms with Gasteiger partial charge in [0.15, 0.2) is 0 Å². The van der Waals surface area contributed by atoms with Gasteiger partial charge in [-0.05, 0) is 30.4 Å². The summed E-state index contributed by atoms with van der Waals surface area (Å²) in [7, 11) is 0. The molecule has 1 rings (SSSR count). The summed E-state index contributed by atoms with van der Waals surface area (Å²) in [5.74, 6) is 1.20. The van der Waals surface area contributed by atoms with Gasteiger partial charge in [0.25, 0.3) is 0 Å². The van der Waals surface area contributed by atoms with Gasteiger partial charge in [-0.2, -0.15) is 12.6 Å². The topological polar surface area (TPSA) is 20.3 Å². The maximum Gasteiger partial charge on any atom is 0.222 e. The third-order valence-corrected chi connectivity index (χ3v) is 3.65. The van der Waals surface area contributed by atoms with Gasteiger partial charge in [0, 0.05) is 19.0 Å². The molecule has 0 aliphatic carbocycles. The number of amides is 1. The second-order valence-electron chi connectivity index (χ2n) is 5.79. The predicted molar refractivity (Wildman–Crippen MR) is 71.9 cm³/mol. The van der Waals surface area contributed by atoms with Crippen molar-refractivity contribution in [2.45, 2.75) is 58.9 Å². The summed E-state index contributed by atoms with van der Waals surface area (Å²) in [6.07, 6.45) is 5.15. The van der Waals surface area contributed by atoms with Crippen LogP contribution in [0.4, 0.5) is 0 Å². The molecule has 0 saturated carbocycles. The van der Waals surface area contributed by atoms with E-state index in [0.717, 1.165) is 38.0 Å². The number of carbonyl (C=O) groups is 1. The molecule has 0 aromatic rings. The van der Waals surface area contributed by atoms with Gasteiger partial charge >= 0.3 is 0 Å². The summed E-state index contributed by atoms with van der Waals surface area (Å²) in [6, 6.07) is 0.343. The van der Waals surface area contributed by atoms with Crippen LogP contribution in [-0.4, -0.2) is 29.1 Å². The zero-order chi connectivity index (χ0) is 12.2. The van der Waals surface area contributed by atoms with Gasteiger partial charge in [0.1, 0.15) is 0 Å². The summed E-state index contributed by atoms with van der Waals surface area (Å²) >= 11 is 4.33. The summed E-state index contributed by atoms with van der Waals surface area (Å²) in [4.78, 5) is 14.2. The molecule has 1 unspecified atom stereocenters. The Morgan fingerprint density at radius 3 is 2.56 bits per heavy atom. The molecule has 1 aliphatic rings. The van der Waals surface area contributed by atoms with Gasteiger partial charge in [-0.1, -0.05) is 27.2 Å². The molecule has 0 spiro atoms. The fourth-order valence-corrected chi connectivity index (χ4v) is 2.76. The largest absolute Gasteiger partial charge is 0.339 e. The monoisotopic (exact) mass is 243 g/mol. The Kier molecular flexibility index (Phi) is 5.16. The van der Waals surface area contributed by atoms with Crippen LogP contribution < -0.4 is 0 Å². The minimum absolute atomic E-state index is 0.155. The molecule has 1 atom stereocenters. The van der Waals surface area contributed by atoms with Crippen molar-refractivity contribution in [3.63, 3.8) is 0 Å². The van der Waals surface area contributed by atoms with Crippen LogP contribution in [0.25, 0.3) is 0 Å². The van der Waals surface area contributed by atoms with Gasteiger partial charge in [-0.3, -0.25) is 4.79 Å². The van der Waals surface area contributed by atoms with Gasteiger partial charge in [0.05, 0.1) is 0 Å². The zero-order valence-electron chi connectivity index (χ0n) is 10.8. The molecule has 2 nitrogen and oxygen atoms in total. The molecule has 94 valence electrons. The van der Waals surface area contributed by atoms with Crippen LogP contribution in [0.2, 0.25) is 0 Å². The first-order valence-corrected chi connectivity index (χ1v) is 7.00. The Hall–Kier alpha value is -0.180. The minimum Gasteiger partial charge on any atom is -0.339 e. The van der Waals surface area contributed by atoms with Crippen molar-refractivity contribution in [1.82, 2.24) is 4.90 Å². The van der Waals surface area contributed by atoms with E-state index in [1.165, 1.54) is 6.42 Å². The highest BCUT2D eigenvalue weighted by Crippen LogP contribution is 2.29. The fourth-order valence-electron chi connectivity index (χ4n) is 2.51. The Morgan fingerprint density at radius 1 is 1.31 bits per heavy atom. The lowest BCUT2D eigenvalue weighted by molar-refractivity contribution is -0.135. The highest BCUT2D eigenvalue weighted by molar-refractivity contribution is 7.80. The molecule has 0 radical (unpaired) electrons. The molecule has 1 fully saturated rings. The third-order valence-electron chi connectivity index (χ3n) is 3.39. The van der Waals surface area contributed by atoms with E-state index >= 15 is 0 Å². The van der Waals surface area contributed by atoms with Gasteiger partial charge in [-0.25, -0.2) is 0 Å². The second kappa shape index (κ2) is 5.95. The van der Waals surface area contributed by atoms with Gasteiger partial charge in [-0.15, -0.1) is 0 Å². The normalized spacial score (nSPS) is 20.8. The molecule has 16 heavy (non-hydrogen) atoms. The van der Waals surface area contributed by atoms with E-state index in [-0.39, 0.29) is 5.41 Å². The highest BCUT2D eigenvalue weighted by Gasteiger charge is 2.32. The molecule has 1 heterocycles. The highest BCUT2D eigenvalue weighted by atomic mass is 32.1. The summed E-state index contributed by atoms with van der Waals surface area (Å²) < 4.78 is 0. The average Bonchev–Trinajstić information content (AvgIpc) is 2.38. The molecule has 3 heteroatoms. The first kappa shape index (κ1) is 13.9. The molecule has 0 aromatic heterocycles. The molecular weight excluding hydrogens is 218 g/mol. The summed E-state index contributed by atoms with van der Waals surface area (Å²) in [6.45, 7) is 7.60. The fraction of sp³-hybridized carbons (Fsp3) is 0.923. The molecular formula is C13H25NOS. The molecule has 0 N–H and O–H groups in total. The smallest absolute Gasteiger partial charge is 0.222 e. The minimum atomic E-state index is 0.155. The van der Waals surface area contributed by atoms with Gasteiger partial charge in [0.2, 0.25) is 5.91 Å². The van der Waals surface area contributed by atoms with Crippen molar-refractivity contribution in [3.05, 3.63) is 0 Å². The molecule has 0 aromatic carbocycles. The number of hydrogen-bond donors (Lipinski definition) is 1. The van der Waals surface area contributed by atoms with Crippen molar-refractivity contribution in [2.75, 3.05) is 12.3 Å². The van der Waals surface area contributed by atoms with Crippen LogP contribution in [0, 0.1) is 5.41 Å². The molecule has 0 bridgehead atoms. The van der Waals surface area contributed by atoms with Gasteiger partial charge < -0.3 is 4.90 Å². The number of thiol groups is 1. The van der Waals surface area contributed by atoms with Crippen LogP contribution in [0.1, 0.15) is 52.9 Å². The van der Waals surface area contributed by atoms with E-state index < -0.39 is 0 Å². The van der Waals surface area contributed by atoms with Crippen LogP contribution in [0.15, 0.2) is 0 Å². The maximum absolute atomic E-state index is 12.1. The van der Waals surface area contributed by atoms with Crippen LogP contribution in [-0.2, 0) is 4.79 Å². The standard InChI is InChI=1S/C13H25NOS/c1-13(2,3)11(8-10-16)14-9-6-4-5-7-12(14)15/h11,16H,4-10H2,1-3H3. The lowest BCUT2D eigenvalue weighted by Crippen LogP contribution is -2.47. The zero-order valence-corrected chi connectivity index (χ0v) is 11.7. The SMILES string of the molecule is CC(C)(C)C(CCS)N1CCCCCC1=O. The maximum atomic E-state index is 12.1. The predicted octanol–water partition coefficient (Wildman–Crippen LogP) is 3.12. The van der Waals surface area contributed by atoms with Crippen molar-refractivity contribution in [1.29, 1.82) is 0 Å². The lowest BCUT2D eigenvalue weighted by atomic mass is 9.83. The summed E-state index contributed by atoms with van der Waals surface area (Å²) in [5.41, 5.74) is 0.155.